The zero-order valence-electron chi connectivity index (χ0n) is 37.7. The van der Waals surface area contributed by atoms with E-state index in [1.807, 2.05) is 22.7 Å². The molecule has 2 heterocycles. The molecule has 3 nitrogen and oxygen atoms in total. The minimum atomic E-state index is -0.142. The van der Waals surface area contributed by atoms with Crippen LogP contribution in [-0.4, -0.2) is 0 Å². The Balaban J connectivity index is 1.00. The Kier molecular flexibility index (Phi) is 9.57. The van der Waals surface area contributed by atoms with Crippen molar-refractivity contribution >= 4 is 114 Å². The average molecular weight is 908 g/mol. The molecule has 2 aromatic heterocycles. The predicted molar refractivity (Wildman–Crippen MR) is 294 cm³/mol. The molecule has 0 spiro atoms. The SMILES string of the molecule is CC1(C)c2ccccc2-c2ccc(N(c3ccccc3)c3cc(N(c4ccccc4)c4ccc5c(c4)sc4ccc(N(c6ccccc6)c6ccccc6)cc45)cc4sc5ccccc5c34)cc21. The fourth-order valence-corrected chi connectivity index (χ4v) is 12.9. The van der Waals surface area contributed by atoms with Crippen molar-refractivity contribution in [3.8, 4) is 11.1 Å². The lowest BCUT2D eigenvalue weighted by molar-refractivity contribution is 0.660. The lowest BCUT2D eigenvalue weighted by atomic mass is 9.82. The van der Waals surface area contributed by atoms with E-state index >= 15 is 0 Å². The van der Waals surface area contributed by atoms with Gasteiger partial charge in [-0.2, -0.15) is 0 Å². The minimum absolute atomic E-state index is 0.142. The molecule has 1 aliphatic rings. The molecule has 0 aliphatic heterocycles. The van der Waals surface area contributed by atoms with Gasteiger partial charge in [0.05, 0.1) is 5.69 Å². The van der Waals surface area contributed by atoms with Crippen LogP contribution in [0.5, 0.6) is 0 Å². The Morgan fingerprint density at radius 1 is 0.294 bits per heavy atom. The van der Waals surface area contributed by atoms with E-state index in [4.69, 9.17) is 0 Å². The van der Waals surface area contributed by atoms with Crippen LogP contribution in [0.25, 0.3) is 51.5 Å². The fourth-order valence-electron chi connectivity index (χ4n) is 10.6. The van der Waals surface area contributed by atoms with Crippen LogP contribution < -0.4 is 14.7 Å². The van der Waals surface area contributed by atoms with Gasteiger partial charge in [0.2, 0.25) is 0 Å². The molecular formula is C63H45N3S2. The van der Waals surface area contributed by atoms with E-state index in [1.165, 1.54) is 62.6 Å². The number of fused-ring (bicyclic) bond motifs is 9. The maximum absolute atomic E-state index is 2.49. The van der Waals surface area contributed by atoms with E-state index in [0.29, 0.717) is 0 Å². The second-order valence-corrected chi connectivity index (χ2v) is 20.3. The van der Waals surface area contributed by atoms with Crippen molar-refractivity contribution in [1.29, 1.82) is 0 Å². The minimum Gasteiger partial charge on any atom is -0.310 e. The summed E-state index contributed by atoms with van der Waals surface area (Å²) in [4.78, 5) is 7.28. The van der Waals surface area contributed by atoms with E-state index in [2.05, 4.69) is 265 Å². The number of anilines is 9. The smallest absolute Gasteiger partial charge is 0.0575 e. The number of para-hydroxylation sites is 4. The highest BCUT2D eigenvalue weighted by Crippen LogP contribution is 2.53. The Morgan fingerprint density at radius 3 is 1.47 bits per heavy atom. The van der Waals surface area contributed by atoms with Crippen LogP contribution in [-0.2, 0) is 5.41 Å². The first-order valence-corrected chi connectivity index (χ1v) is 24.9. The second kappa shape index (κ2) is 16.1. The van der Waals surface area contributed by atoms with Crippen LogP contribution in [0.4, 0.5) is 51.2 Å². The molecule has 0 bridgehead atoms. The summed E-state index contributed by atoms with van der Waals surface area (Å²) >= 11 is 3.72. The molecule has 0 saturated carbocycles. The number of hydrogen-bond acceptors (Lipinski definition) is 5. The quantitative estimate of drug-likeness (QED) is 0.143. The van der Waals surface area contributed by atoms with Crippen LogP contribution in [0.1, 0.15) is 25.0 Å². The highest BCUT2D eigenvalue weighted by atomic mass is 32.1. The van der Waals surface area contributed by atoms with Crippen LogP contribution in [0.15, 0.2) is 237 Å². The van der Waals surface area contributed by atoms with Gasteiger partial charge in [-0.15, -0.1) is 22.7 Å². The zero-order valence-corrected chi connectivity index (χ0v) is 39.3. The molecule has 13 rings (SSSR count). The Bertz CT molecular complexity index is 3800. The fraction of sp³-hybridized carbons (Fsp3) is 0.0476. The van der Waals surface area contributed by atoms with E-state index in [1.54, 1.807) is 0 Å². The van der Waals surface area contributed by atoms with Crippen molar-refractivity contribution in [2.24, 2.45) is 0 Å². The van der Waals surface area contributed by atoms with Gasteiger partial charge in [0.1, 0.15) is 0 Å². The first-order chi connectivity index (χ1) is 33.5. The van der Waals surface area contributed by atoms with Crippen molar-refractivity contribution in [1.82, 2.24) is 0 Å². The maximum Gasteiger partial charge on any atom is 0.0575 e. The number of nitrogens with zero attached hydrogens (tertiary/aromatic N) is 3. The third kappa shape index (κ3) is 6.61. The summed E-state index contributed by atoms with van der Waals surface area (Å²) in [5.74, 6) is 0. The summed E-state index contributed by atoms with van der Waals surface area (Å²) in [6.45, 7) is 4.74. The summed E-state index contributed by atoms with van der Waals surface area (Å²) in [6.07, 6.45) is 0. The Hall–Kier alpha value is -7.96. The molecule has 68 heavy (non-hydrogen) atoms. The van der Waals surface area contributed by atoms with E-state index in [0.717, 1.165) is 51.2 Å². The molecule has 5 heteroatoms. The van der Waals surface area contributed by atoms with Gasteiger partial charge in [-0.05, 0) is 131 Å². The van der Waals surface area contributed by atoms with Gasteiger partial charge in [0, 0.05) is 91.3 Å². The van der Waals surface area contributed by atoms with Crippen molar-refractivity contribution in [3.63, 3.8) is 0 Å². The summed E-state index contributed by atoms with van der Waals surface area (Å²) in [5.41, 5.74) is 15.3. The summed E-state index contributed by atoms with van der Waals surface area (Å²) < 4.78 is 5.03. The molecule has 12 aromatic rings. The number of rotatable bonds is 9. The van der Waals surface area contributed by atoms with E-state index in [9.17, 15) is 0 Å². The standard InChI is InChI=1S/C63H45N3S2/c1-63(2)55-29-17-15-27-50(55)51-34-31-47(38-56(51)63)66(45-25-13-6-14-26-45)57-39-49(41-61-62(57)53-28-16-18-30-58(53)68-61)65(44-23-11-5-12-24-44)48-32-35-52-54-37-46(33-36-59(54)67-60(52)40-48)64(42-19-7-3-8-20-42)43-21-9-4-10-22-43/h3-41H,1-2H3. The van der Waals surface area contributed by atoms with E-state index in [-0.39, 0.29) is 5.41 Å². The van der Waals surface area contributed by atoms with Crippen LogP contribution in [0.2, 0.25) is 0 Å². The zero-order chi connectivity index (χ0) is 45.3. The molecule has 0 N–H and O–H groups in total. The molecule has 0 unspecified atom stereocenters. The lowest BCUT2D eigenvalue weighted by Crippen LogP contribution is -2.17. The summed E-state index contributed by atoms with van der Waals surface area (Å²) in [7, 11) is 0. The molecule has 1 aliphatic carbocycles. The molecule has 0 atom stereocenters. The molecular weight excluding hydrogens is 863 g/mol. The van der Waals surface area contributed by atoms with Crippen molar-refractivity contribution < 1.29 is 0 Å². The van der Waals surface area contributed by atoms with Gasteiger partial charge in [-0.1, -0.05) is 141 Å². The van der Waals surface area contributed by atoms with Gasteiger partial charge in [-0.25, -0.2) is 0 Å². The number of hydrogen-bond donors (Lipinski definition) is 0. The Morgan fingerprint density at radius 2 is 0.779 bits per heavy atom. The van der Waals surface area contributed by atoms with Crippen LogP contribution in [0.3, 0.4) is 0 Å². The van der Waals surface area contributed by atoms with Gasteiger partial charge < -0.3 is 14.7 Å². The van der Waals surface area contributed by atoms with Crippen molar-refractivity contribution in [3.05, 3.63) is 248 Å². The maximum atomic E-state index is 2.49. The monoisotopic (exact) mass is 907 g/mol. The van der Waals surface area contributed by atoms with Gasteiger partial charge in [-0.3, -0.25) is 0 Å². The normalized spacial score (nSPS) is 12.7. The first kappa shape index (κ1) is 40.3. The molecule has 324 valence electrons. The molecule has 0 fully saturated rings. The summed E-state index contributed by atoms with van der Waals surface area (Å²) in [6, 6.07) is 86.8. The first-order valence-electron chi connectivity index (χ1n) is 23.2. The second-order valence-electron chi connectivity index (χ2n) is 18.1. The van der Waals surface area contributed by atoms with Crippen molar-refractivity contribution in [2.45, 2.75) is 19.3 Å². The Labute approximate surface area is 404 Å². The highest BCUT2D eigenvalue weighted by molar-refractivity contribution is 7.26. The van der Waals surface area contributed by atoms with Crippen LogP contribution >= 0.6 is 22.7 Å². The van der Waals surface area contributed by atoms with E-state index < -0.39 is 0 Å². The largest absolute Gasteiger partial charge is 0.310 e. The van der Waals surface area contributed by atoms with Gasteiger partial charge in [0.25, 0.3) is 0 Å². The van der Waals surface area contributed by atoms with Gasteiger partial charge >= 0.3 is 0 Å². The number of thiophene rings is 2. The topological polar surface area (TPSA) is 9.72 Å². The van der Waals surface area contributed by atoms with Gasteiger partial charge in [0.15, 0.2) is 0 Å². The molecule has 10 aromatic carbocycles. The molecule has 0 radical (unpaired) electrons. The predicted octanol–water partition coefficient (Wildman–Crippen LogP) is 19.1. The molecule has 0 saturated heterocycles. The average Bonchev–Trinajstić information content (AvgIpc) is 4.02. The molecule has 0 amide bonds. The highest BCUT2D eigenvalue weighted by Gasteiger charge is 2.36. The number of benzene rings is 10. The third-order valence-electron chi connectivity index (χ3n) is 13.8. The van der Waals surface area contributed by atoms with Crippen molar-refractivity contribution in [2.75, 3.05) is 14.7 Å². The lowest BCUT2D eigenvalue weighted by Gasteiger charge is -2.31. The summed E-state index contributed by atoms with van der Waals surface area (Å²) in [5, 5.41) is 5.02. The van der Waals surface area contributed by atoms with Crippen LogP contribution in [0, 0.1) is 0 Å². The third-order valence-corrected chi connectivity index (χ3v) is 16.0.